The summed E-state index contributed by atoms with van der Waals surface area (Å²) >= 11 is 0. The standard InChI is InChI=1S/C31H31N3O3/c1-2-37-31(36)28-30(35)34(27-16-10-9-15-26(27)32-28)25-19-23-17-18-24(20-25)33(23)29(21-11-5-3-6-12-21)22-13-7-4-8-14-22/h3-16,23-25,29H,2,17-20H2,1H3/t23-,24+,25?. The van der Waals surface area contributed by atoms with Gasteiger partial charge in [-0.2, -0.15) is 0 Å². The maximum atomic E-state index is 13.7. The normalized spacial score (nSPS) is 21.4. The monoisotopic (exact) mass is 493 g/mol. The smallest absolute Gasteiger partial charge is 0.362 e. The second kappa shape index (κ2) is 9.94. The van der Waals surface area contributed by atoms with Gasteiger partial charge in [-0.1, -0.05) is 72.8 Å². The third-order valence-electron chi connectivity index (χ3n) is 7.92. The van der Waals surface area contributed by atoms with Crippen LogP contribution in [0.2, 0.25) is 0 Å². The van der Waals surface area contributed by atoms with Crippen LogP contribution in [0.4, 0.5) is 0 Å². The van der Waals surface area contributed by atoms with Gasteiger partial charge in [0.05, 0.1) is 23.7 Å². The van der Waals surface area contributed by atoms with Crippen LogP contribution in [0.25, 0.3) is 11.0 Å². The van der Waals surface area contributed by atoms with Gasteiger partial charge < -0.3 is 9.30 Å². The summed E-state index contributed by atoms with van der Waals surface area (Å²) in [5.41, 5.74) is 3.53. The van der Waals surface area contributed by atoms with E-state index in [0.717, 1.165) is 31.2 Å². The third-order valence-corrected chi connectivity index (χ3v) is 7.92. The second-order valence-corrected chi connectivity index (χ2v) is 10.0. The number of aromatic nitrogens is 2. The number of piperidine rings is 1. The molecule has 3 atom stereocenters. The fourth-order valence-electron chi connectivity index (χ4n) is 6.47. The lowest BCUT2D eigenvalue weighted by atomic mass is 9.89. The molecule has 37 heavy (non-hydrogen) atoms. The lowest BCUT2D eigenvalue weighted by molar-refractivity contribution is 0.0514. The predicted molar refractivity (Wildman–Crippen MR) is 144 cm³/mol. The lowest BCUT2D eigenvalue weighted by Crippen LogP contribution is -2.47. The highest BCUT2D eigenvalue weighted by molar-refractivity contribution is 5.89. The number of rotatable bonds is 6. The Morgan fingerprint density at radius 1 is 0.865 bits per heavy atom. The molecule has 6 rings (SSSR count). The Hall–Kier alpha value is -3.77. The molecular weight excluding hydrogens is 462 g/mol. The Bertz CT molecular complexity index is 1410. The summed E-state index contributed by atoms with van der Waals surface area (Å²) in [6, 6.07) is 29.9. The van der Waals surface area contributed by atoms with E-state index in [1.807, 2.05) is 28.8 Å². The van der Waals surface area contributed by atoms with Crippen LogP contribution in [0.5, 0.6) is 0 Å². The van der Waals surface area contributed by atoms with Crippen molar-refractivity contribution >= 4 is 17.0 Å². The topological polar surface area (TPSA) is 64.4 Å². The van der Waals surface area contributed by atoms with E-state index in [1.165, 1.54) is 11.1 Å². The molecule has 2 bridgehead atoms. The number of hydrogen-bond donors (Lipinski definition) is 0. The van der Waals surface area contributed by atoms with Crippen molar-refractivity contribution in [3.05, 3.63) is 112 Å². The number of carbonyl (C=O) groups is 1. The average Bonchev–Trinajstić information content (AvgIpc) is 3.17. The maximum Gasteiger partial charge on any atom is 0.362 e. The van der Waals surface area contributed by atoms with E-state index in [1.54, 1.807) is 6.92 Å². The molecule has 3 heterocycles. The number of ether oxygens (including phenoxy) is 1. The minimum absolute atomic E-state index is 0.00507. The molecule has 0 N–H and O–H groups in total. The van der Waals surface area contributed by atoms with Crippen LogP contribution in [0.3, 0.4) is 0 Å². The molecule has 2 aliphatic heterocycles. The quantitative estimate of drug-likeness (QED) is 0.331. The van der Waals surface area contributed by atoms with E-state index in [2.05, 4.69) is 70.5 Å². The molecule has 2 aliphatic rings. The SMILES string of the molecule is CCOC(=O)c1nc2ccccc2n(C2C[C@H]3CC[C@@H](C2)N3C(c2ccccc2)c2ccccc2)c1=O. The maximum absolute atomic E-state index is 13.7. The Morgan fingerprint density at radius 3 is 2.03 bits per heavy atom. The zero-order valence-electron chi connectivity index (χ0n) is 21.0. The van der Waals surface area contributed by atoms with Crippen LogP contribution in [0, 0.1) is 0 Å². The van der Waals surface area contributed by atoms with Gasteiger partial charge in [0.15, 0.2) is 0 Å². The molecule has 1 unspecified atom stereocenters. The Kier molecular flexibility index (Phi) is 6.35. The summed E-state index contributed by atoms with van der Waals surface area (Å²) in [5, 5.41) is 0. The Morgan fingerprint density at radius 2 is 1.43 bits per heavy atom. The van der Waals surface area contributed by atoms with E-state index in [9.17, 15) is 9.59 Å². The first kappa shape index (κ1) is 23.6. The fourth-order valence-corrected chi connectivity index (χ4v) is 6.47. The van der Waals surface area contributed by atoms with Crippen LogP contribution < -0.4 is 5.56 Å². The number of fused-ring (bicyclic) bond motifs is 3. The summed E-state index contributed by atoms with van der Waals surface area (Å²) in [4.78, 5) is 33.4. The van der Waals surface area contributed by atoms with Crippen molar-refractivity contribution in [3.63, 3.8) is 0 Å². The van der Waals surface area contributed by atoms with E-state index in [4.69, 9.17) is 4.74 Å². The van der Waals surface area contributed by atoms with Crippen molar-refractivity contribution in [2.24, 2.45) is 0 Å². The lowest BCUT2D eigenvalue weighted by Gasteiger charge is -2.44. The van der Waals surface area contributed by atoms with Gasteiger partial charge in [-0.3, -0.25) is 9.69 Å². The zero-order valence-corrected chi connectivity index (χ0v) is 21.0. The highest BCUT2D eigenvalue weighted by Gasteiger charge is 2.45. The molecule has 3 aromatic carbocycles. The zero-order chi connectivity index (χ0) is 25.4. The van der Waals surface area contributed by atoms with E-state index >= 15 is 0 Å². The molecule has 0 radical (unpaired) electrons. The molecule has 1 aromatic heterocycles. The molecular formula is C31H31N3O3. The van der Waals surface area contributed by atoms with Crippen molar-refractivity contribution in [3.8, 4) is 0 Å². The summed E-state index contributed by atoms with van der Waals surface area (Å²) in [5.74, 6) is -0.652. The number of benzene rings is 3. The number of esters is 1. The molecule has 2 fully saturated rings. The van der Waals surface area contributed by atoms with Crippen molar-refractivity contribution in [1.29, 1.82) is 0 Å². The van der Waals surface area contributed by atoms with Gasteiger partial charge in [-0.15, -0.1) is 0 Å². The summed E-state index contributed by atoms with van der Waals surface area (Å²) in [6.07, 6.45) is 3.89. The fraction of sp³-hybridized carbons (Fsp3) is 0.323. The van der Waals surface area contributed by atoms with Crippen molar-refractivity contribution < 1.29 is 9.53 Å². The number of nitrogens with zero attached hydrogens (tertiary/aromatic N) is 3. The average molecular weight is 494 g/mol. The number of para-hydroxylation sites is 2. The van der Waals surface area contributed by atoms with E-state index in [0.29, 0.717) is 17.6 Å². The second-order valence-electron chi connectivity index (χ2n) is 10.0. The van der Waals surface area contributed by atoms with Gasteiger partial charge in [-0.05, 0) is 55.9 Å². The van der Waals surface area contributed by atoms with Gasteiger partial charge in [0.1, 0.15) is 0 Å². The highest BCUT2D eigenvalue weighted by Crippen LogP contribution is 2.47. The molecule has 0 aliphatic carbocycles. The minimum Gasteiger partial charge on any atom is -0.461 e. The molecule has 0 saturated carbocycles. The Labute approximate surface area is 216 Å². The molecule has 2 saturated heterocycles. The van der Waals surface area contributed by atoms with Crippen molar-refractivity contribution in [2.75, 3.05) is 6.61 Å². The summed E-state index contributed by atoms with van der Waals surface area (Å²) in [6.45, 7) is 1.94. The van der Waals surface area contributed by atoms with Crippen LogP contribution in [0.15, 0.2) is 89.7 Å². The predicted octanol–water partition coefficient (Wildman–Crippen LogP) is 5.53. The molecule has 0 spiro atoms. The molecule has 0 amide bonds. The van der Waals surface area contributed by atoms with E-state index in [-0.39, 0.29) is 29.9 Å². The van der Waals surface area contributed by atoms with Gasteiger partial charge in [-0.25, -0.2) is 9.78 Å². The van der Waals surface area contributed by atoms with Crippen LogP contribution in [-0.4, -0.2) is 39.1 Å². The molecule has 4 aromatic rings. The van der Waals surface area contributed by atoms with Gasteiger partial charge in [0.25, 0.3) is 5.56 Å². The van der Waals surface area contributed by atoms with Gasteiger partial charge >= 0.3 is 5.97 Å². The first-order valence-electron chi connectivity index (χ1n) is 13.2. The minimum atomic E-state index is -0.652. The van der Waals surface area contributed by atoms with Gasteiger partial charge in [0.2, 0.25) is 5.69 Å². The van der Waals surface area contributed by atoms with E-state index < -0.39 is 5.97 Å². The van der Waals surface area contributed by atoms with Crippen molar-refractivity contribution in [2.45, 2.75) is 56.8 Å². The number of hydrogen-bond acceptors (Lipinski definition) is 5. The van der Waals surface area contributed by atoms with Crippen LogP contribution in [-0.2, 0) is 4.74 Å². The van der Waals surface area contributed by atoms with Crippen LogP contribution in [0.1, 0.15) is 66.3 Å². The molecule has 188 valence electrons. The largest absolute Gasteiger partial charge is 0.461 e. The Balaban J connectivity index is 1.40. The first-order chi connectivity index (χ1) is 18.2. The molecule has 6 nitrogen and oxygen atoms in total. The highest BCUT2D eigenvalue weighted by atomic mass is 16.5. The first-order valence-corrected chi connectivity index (χ1v) is 13.2. The summed E-state index contributed by atoms with van der Waals surface area (Å²) < 4.78 is 7.01. The van der Waals surface area contributed by atoms with Gasteiger partial charge in [0, 0.05) is 18.1 Å². The molecule has 6 heteroatoms. The summed E-state index contributed by atoms with van der Waals surface area (Å²) in [7, 11) is 0. The number of carbonyl (C=O) groups excluding carboxylic acids is 1. The van der Waals surface area contributed by atoms with Crippen LogP contribution >= 0.6 is 0 Å². The van der Waals surface area contributed by atoms with Crippen molar-refractivity contribution in [1.82, 2.24) is 14.5 Å². The third kappa shape index (κ3) is 4.25.